The molecule has 0 aromatic heterocycles. The first-order valence-electron chi connectivity index (χ1n) is 8.78. The first-order valence-corrected chi connectivity index (χ1v) is 9.99. The van der Waals surface area contributed by atoms with E-state index < -0.39 is 4.92 Å². The minimum absolute atomic E-state index is 0.0297. The Hall–Kier alpha value is -2.78. The molecule has 29 heavy (non-hydrogen) atoms. The van der Waals surface area contributed by atoms with E-state index in [1.54, 1.807) is 36.2 Å². The summed E-state index contributed by atoms with van der Waals surface area (Å²) in [6.45, 7) is 2.61. The number of benzene rings is 2. The van der Waals surface area contributed by atoms with Gasteiger partial charge in [-0.3, -0.25) is 19.8 Å². The molecule has 0 unspecified atom stereocenters. The number of nitrogens with zero attached hydrogens (tertiary/aromatic N) is 3. The predicted octanol–water partition coefficient (Wildman–Crippen LogP) is 4.36. The van der Waals surface area contributed by atoms with Gasteiger partial charge in [-0.2, -0.15) is 0 Å². The number of carbonyl (C=O) groups excluding carboxylic acids is 1. The summed E-state index contributed by atoms with van der Waals surface area (Å²) in [4.78, 5) is 26.2. The van der Waals surface area contributed by atoms with Gasteiger partial charge in [0.05, 0.1) is 4.92 Å². The number of hydrogen-bond donors (Lipinski definition) is 0. The number of carbonyl (C=O) groups is 1. The van der Waals surface area contributed by atoms with Crippen LogP contribution in [-0.2, 0) is 11.4 Å². The van der Waals surface area contributed by atoms with Crippen molar-refractivity contribution in [3.8, 4) is 5.75 Å². The summed E-state index contributed by atoms with van der Waals surface area (Å²) >= 11 is 8.78. The molecule has 3 rings (SSSR count). The lowest BCUT2D eigenvalue weighted by Gasteiger charge is -2.14. The van der Waals surface area contributed by atoms with Crippen LogP contribution in [0.4, 0.5) is 5.69 Å². The number of nitro groups is 1. The fourth-order valence-corrected chi connectivity index (χ4v) is 3.57. The largest absolute Gasteiger partial charge is 0.488 e. The lowest BCUT2D eigenvalue weighted by atomic mass is 10.1. The monoisotopic (exact) mass is 475 g/mol. The second-order valence-corrected chi connectivity index (χ2v) is 7.60. The third-order valence-electron chi connectivity index (χ3n) is 4.47. The zero-order valence-electron chi connectivity index (χ0n) is 15.8. The highest BCUT2D eigenvalue weighted by Crippen LogP contribution is 2.29. The SMILES string of the molecule is CCN1C(=O)C(=Cc2cc(Br)ccc2OCc2ccc([N+](=O)[O-])cc2)N(C)C1=S. The van der Waals surface area contributed by atoms with Crippen molar-refractivity contribution in [3.63, 3.8) is 0 Å². The van der Waals surface area contributed by atoms with E-state index in [0.29, 0.717) is 23.1 Å². The summed E-state index contributed by atoms with van der Waals surface area (Å²) in [7, 11) is 1.76. The van der Waals surface area contributed by atoms with E-state index >= 15 is 0 Å². The van der Waals surface area contributed by atoms with Gasteiger partial charge in [0.1, 0.15) is 18.1 Å². The molecule has 1 fully saturated rings. The number of nitro benzene ring substituents is 1. The van der Waals surface area contributed by atoms with Crippen LogP contribution >= 0.6 is 28.1 Å². The van der Waals surface area contributed by atoms with Gasteiger partial charge in [0, 0.05) is 35.8 Å². The number of rotatable bonds is 6. The maximum Gasteiger partial charge on any atom is 0.276 e. The average molecular weight is 476 g/mol. The first kappa shape index (κ1) is 20.9. The average Bonchev–Trinajstić information content (AvgIpc) is 2.90. The lowest BCUT2D eigenvalue weighted by molar-refractivity contribution is -0.384. The molecule has 0 radical (unpaired) electrons. The Labute approximate surface area is 181 Å². The van der Waals surface area contributed by atoms with E-state index in [1.165, 1.54) is 17.0 Å². The molecule has 150 valence electrons. The van der Waals surface area contributed by atoms with Crippen molar-refractivity contribution >= 4 is 50.9 Å². The second kappa shape index (κ2) is 8.71. The molecule has 9 heteroatoms. The van der Waals surface area contributed by atoms with Crippen LogP contribution in [0.5, 0.6) is 5.75 Å². The summed E-state index contributed by atoms with van der Waals surface area (Å²) < 4.78 is 6.77. The Morgan fingerprint density at radius 2 is 1.93 bits per heavy atom. The van der Waals surface area contributed by atoms with Crippen LogP contribution in [0.2, 0.25) is 0 Å². The molecule has 1 amide bonds. The van der Waals surface area contributed by atoms with Crippen LogP contribution in [0.1, 0.15) is 18.1 Å². The van der Waals surface area contributed by atoms with Gasteiger partial charge in [0.15, 0.2) is 5.11 Å². The van der Waals surface area contributed by atoms with Gasteiger partial charge >= 0.3 is 0 Å². The van der Waals surface area contributed by atoms with Gasteiger partial charge in [-0.05, 0) is 61.1 Å². The molecule has 0 spiro atoms. The third kappa shape index (κ3) is 4.46. The van der Waals surface area contributed by atoms with Crippen molar-refractivity contribution in [2.45, 2.75) is 13.5 Å². The summed E-state index contributed by atoms with van der Waals surface area (Å²) in [5.74, 6) is 0.433. The van der Waals surface area contributed by atoms with E-state index in [1.807, 2.05) is 19.1 Å². The van der Waals surface area contributed by atoms with Crippen LogP contribution in [0.3, 0.4) is 0 Å². The minimum Gasteiger partial charge on any atom is -0.488 e. The molecule has 1 saturated heterocycles. The first-order chi connectivity index (χ1) is 13.8. The van der Waals surface area contributed by atoms with Crippen molar-refractivity contribution in [1.82, 2.24) is 9.80 Å². The molecule has 2 aromatic rings. The summed E-state index contributed by atoms with van der Waals surface area (Å²) in [5.41, 5.74) is 2.01. The maximum absolute atomic E-state index is 12.6. The minimum atomic E-state index is -0.442. The summed E-state index contributed by atoms with van der Waals surface area (Å²) in [6.07, 6.45) is 1.75. The number of non-ortho nitro benzene ring substituents is 1. The highest BCUT2D eigenvalue weighted by molar-refractivity contribution is 9.10. The van der Waals surface area contributed by atoms with E-state index in [9.17, 15) is 14.9 Å². The van der Waals surface area contributed by atoms with Gasteiger partial charge in [-0.1, -0.05) is 15.9 Å². The molecular formula is C20H18BrN3O4S. The zero-order chi connectivity index (χ0) is 21.1. The Morgan fingerprint density at radius 3 is 2.52 bits per heavy atom. The summed E-state index contributed by atoms with van der Waals surface area (Å²) in [6, 6.07) is 11.7. The molecule has 0 N–H and O–H groups in total. The molecule has 0 atom stereocenters. The molecule has 1 aliphatic heterocycles. The van der Waals surface area contributed by atoms with Crippen molar-refractivity contribution in [2.75, 3.05) is 13.6 Å². The van der Waals surface area contributed by atoms with E-state index in [0.717, 1.165) is 15.6 Å². The molecule has 1 heterocycles. The van der Waals surface area contributed by atoms with Gasteiger partial charge in [-0.15, -0.1) is 0 Å². The molecule has 0 aliphatic carbocycles. The lowest BCUT2D eigenvalue weighted by Crippen LogP contribution is -2.30. The molecular weight excluding hydrogens is 458 g/mol. The topological polar surface area (TPSA) is 75.9 Å². The van der Waals surface area contributed by atoms with Crippen molar-refractivity contribution in [1.29, 1.82) is 0 Å². The molecule has 1 aliphatic rings. The standard InChI is InChI=1S/C20H18BrN3O4S/c1-3-23-19(25)17(22(2)20(23)29)11-14-10-15(21)6-9-18(14)28-12-13-4-7-16(8-5-13)24(26)27/h4-11H,3,12H2,1-2H3. The van der Waals surface area contributed by atoms with Crippen LogP contribution in [0.25, 0.3) is 6.08 Å². The smallest absolute Gasteiger partial charge is 0.276 e. The summed E-state index contributed by atoms with van der Waals surface area (Å²) in [5, 5.41) is 11.2. The van der Waals surface area contributed by atoms with Crippen molar-refractivity contribution in [3.05, 3.63) is 73.9 Å². The number of likely N-dealkylation sites (N-methyl/N-ethyl adjacent to an activating group) is 2. The van der Waals surface area contributed by atoms with Gasteiger partial charge < -0.3 is 9.64 Å². The fourth-order valence-electron chi connectivity index (χ4n) is 2.88. The number of amides is 1. The molecule has 0 bridgehead atoms. The van der Waals surface area contributed by atoms with Crippen molar-refractivity contribution in [2.24, 2.45) is 0 Å². The Bertz CT molecular complexity index is 1010. The third-order valence-corrected chi connectivity index (χ3v) is 5.45. The Kier molecular flexibility index (Phi) is 6.29. The number of ether oxygens (including phenoxy) is 1. The highest BCUT2D eigenvalue weighted by Gasteiger charge is 2.34. The molecule has 7 nitrogen and oxygen atoms in total. The highest BCUT2D eigenvalue weighted by atomic mass is 79.9. The Balaban J connectivity index is 1.86. The van der Waals surface area contributed by atoms with Crippen molar-refractivity contribution < 1.29 is 14.5 Å². The van der Waals surface area contributed by atoms with Crippen LogP contribution in [0.15, 0.2) is 52.6 Å². The van der Waals surface area contributed by atoms with Crippen LogP contribution in [-0.4, -0.2) is 39.3 Å². The van der Waals surface area contributed by atoms with E-state index in [4.69, 9.17) is 17.0 Å². The van der Waals surface area contributed by atoms with Crippen LogP contribution < -0.4 is 4.74 Å². The van der Waals surface area contributed by atoms with Gasteiger partial charge in [0.2, 0.25) is 0 Å². The van der Waals surface area contributed by atoms with Gasteiger partial charge in [-0.25, -0.2) is 0 Å². The van der Waals surface area contributed by atoms with Gasteiger partial charge in [0.25, 0.3) is 11.6 Å². The number of thiocarbonyl (C=S) groups is 1. The Morgan fingerprint density at radius 1 is 1.24 bits per heavy atom. The normalized spacial score (nSPS) is 15.3. The molecule has 2 aromatic carbocycles. The molecule has 0 saturated carbocycles. The quantitative estimate of drug-likeness (QED) is 0.267. The van der Waals surface area contributed by atoms with Crippen LogP contribution in [0, 0.1) is 10.1 Å². The predicted molar refractivity (Wildman–Crippen MR) is 117 cm³/mol. The fraction of sp³-hybridized carbons (Fsp3) is 0.200. The second-order valence-electron chi connectivity index (χ2n) is 6.31. The van der Waals surface area contributed by atoms with E-state index in [2.05, 4.69) is 15.9 Å². The maximum atomic E-state index is 12.6. The number of hydrogen-bond acceptors (Lipinski definition) is 5. The zero-order valence-corrected chi connectivity index (χ0v) is 18.2. The number of halogens is 1. The van der Waals surface area contributed by atoms with E-state index in [-0.39, 0.29) is 18.2 Å².